The fraction of sp³-hybridized carbons (Fsp3) is 0.467. The Labute approximate surface area is 130 Å². The van der Waals surface area contributed by atoms with Gasteiger partial charge in [0.25, 0.3) is 5.91 Å². The van der Waals surface area contributed by atoms with E-state index in [1.165, 1.54) is 0 Å². The molecule has 1 aliphatic rings. The van der Waals surface area contributed by atoms with Crippen LogP contribution in [0.3, 0.4) is 0 Å². The minimum absolute atomic E-state index is 0.169. The van der Waals surface area contributed by atoms with Gasteiger partial charge >= 0.3 is 0 Å². The molecule has 7 nitrogen and oxygen atoms in total. The van der Waals surface area contributed by atoms with Crippen LogP contribution in [0, 0.1) is 6.92 Å². The molecule has 1 heterocycles. The third-order valence-corrected chi connectivity index (χ3v) is 3.20. The lowest BCUT2D eigenvalue weighted by atomic mass is 10.2. The largest absolute Gasteiger partial charge is 0.384 e. The standard InChI is InChI=1S/C15H22N4O3/c1-12-2-4-13(5-3-12)17-15(20)11-22-18-14(16)10-19-6-8-21-9-7-19/h2-5H,6-11H2,1H3,(H2,16,18)(H,17,20). The van der Waals surface area contributed by atoms with E-state index in [9.17, 15) is 4.79 Å². The molecule has 1 aromatic carbocycles. The summed E-state index contributed by atoms with van der Waals surface area (Å²) < 4.78 is 5.25. The number of ether oxygens (including phenoxy) is 1. The SMILES string of the molecule is Cc1ccc(NC(=O)CO/N=C(/N)CN2CCOCC2)cc1. The molecule has 1 aromatic rings. The van der Waals surface area contributed by atoms with Gasteiger partial charge in [-0.25, -0.2) is 0 Å². The molecule has 0 bridgehead atoms. The number of nitrogens with two attached hydrogens (primary N) is 1. The fourth-order valence-electron chi connectivity index (χ4n) is 2.03. The first-order chi connectivity index (χ1) is 10.6. The van der Waals surface area contributed by atoms with E-state index in [0.29, 0.717) is 25.6 Å². The third kappa shape index (κ3) is 5.71. The number of carbonyl (C=O) groups excluding carboxylic acids is 1. The molecule has 1 amide bonds. The van der Waals surface area contributed by atoms with E-state index in [-0.39, 0.29) is 12.5 Å². The van der Waals surface area contributed by atoms with Crippen LogP contribution >= 0.6 is 0 Å². The zero-order chi connectivity index (χ0) is 15.8. The lowest BCUT2D eigenvalue weighted by Gasteiger charge is -2.25. The molecule has 3 N–H and O–H groups in total. The molecule has 0 spiro atoms. The van der Waals surface area contributed by atoms with Gasteiger partial charge in [-0.3, -0.25) is 9.69 Å². The number of hydrogen-bond donors (Lipinski definition) is 2. The molecule has 0 radical (unpaired) electrons. The summed E-state index contributed by atoms with van der Waals surface area (Å²) in [6.07, 6.45) is 0. The van der Waals surface area contributed by atoms with E-state index in [0.717, 1.165) is 24.3 Å². The van der Waals surface area contributed by atoms with Crippen molar-refractivity contribution >= 4 is 17.4 Å². The number of nitrogens with zero attached hydrogens (tertiary/aromatic N) is 2. The zero-order valence-electron chi connectivity index (χ0n) is 12.7. The molecule has 0 unspecified atom stereocenters. The van der Waals surface area contributed by atoms with Crippen molar-refractivity contribution < 1.29 is 14.4 Å². The highest BCUT2D eigenvalue weighted by Crippen LogP contribution is 2.08. The van der Waals surface area contributed by atoms with Crippen LogP contribution in [-0.2, 0) is 14.4 Å². The van der Waals surface area contributed by atoms with E-state index >= 15 is 0 Å². The Balaban J connectivity index is 1.68. The molecule has 120 valence electrons. The fourth-order valence-corrected chi connectivity index (χ4v) is 2.03. The number of nitrogens with one attached hydrogen (secondary N) is 1. The third-order valence-electron chi connectivity index (χ3n) is 3.20. The Bertz CT molecular complexity index is 510. The van der Waals surface area contributed by atoms with Gasteiger partial charge in [-0.1, -0.05) is 22.9 Å². The van der Waals surface area contributed by atoms with Gasteiger partial charge in [-0.05, 0) is 19.1 Å². The Kier molecular flexibility index (Phi) is 6.17. The molecular weight excluding hydrogens is 284 g/mol. The summed E-state index contributed by atoms with van der Waals surface area (Å²) >= 11 is 0. The van der Waals surface area contributed by atoms with Gasteiger partial charge in [0.2, 0.25) is 0 Å². The number of amidine groups is 1. The maximum atomic E-state index is 11.7. The second-order valence-electron chi connectivity index (χ2n) is 5.16. The summed E-state index contributed by atoms with van der Waals surface area (Å²) in [4.78, 5) is 18.8. The first-order valence-electron chi connectivity index (χ1n) is 7.24. The highest BCUT2D eigenvalue weighted by Gasteiger charge is 2.11. The summed E-state index contributed by atoms with van der Waals surface area (Å²) in [6, 6.07) is 7.52. The van der Waals surface area contributed by atoms with Gasteiger partial charge in [0.15, 0.2) is 12.4 Å². The molecule has 1 fully saturated rings. The minimum atomic E-state index is -0.272. The van der Waals surface area contributed by atoms with Crippen LogP contribution in [0.25, 0.3) is 0 Å². The molecule has 0 saturated carbocycles. The van der Waals surface area contributed by atoms with Crippen LogP contribution in [0.4, 0.5) is 5.69 Å². The first-order valence-corrected chi connectivity index (χ1v) is 7.24. The molecule has 2 rings (SSSR count). The summed E-state index contributed by atoms with van der Waals surface area (Å²) in [7, 11) is 0. The van der Waals surface area contributed by atoms with Crippen molar-refractivity contribution in [1.29, 1.82) is 0 Å². The Morgan fingerprint density at radius 3 is 2.73 bits per heavy atom. The van der Waals surface area contributed by atoms with Gasteiger partial charge in [-0.2, -0.15) is 0 Å². The predicted molar refractivity (Wildman–Crippen MR) is 84.6 cm³/mol. The van der Waals surface area contributed by atoms with Crippen molar-refractivity contribution in [3.63, 3.8) is 0 Å². The summed E-state index contributed by atoms with van der Waals surface area (Å²) in [5.41, 5.74) is 7.63. The Morgan fingerprint density at radius 1 is 1.36 bits per heavy atom. The second kappa shape index (κ2) is 8.35. The maximum Gasteiger partial charge on any atom is 0.265 e. The van der Waals surface area contributed by atoms with E-state index in [1.807, 2.05) is 31.2 Å². The molecule has 7 heteroatoms. The molecule has 1 saturated heterocycles. The molecule has 0 atom stereocenters. The number of rotatable bonds is 6. The monoisotopic (exact) mass is 306 g/mol. The number of aryl methyl sites for hydroxylation is 1. The normalized spacial score (nSPS) is 16.3. The minimum Gasteiger partial charge on any atom is -0.384 e. The highest BCUT2D eigenvalue weighted by molar-refractivity contribution is 5.91. The number of oxime groups is 1. The zero-order valence-corrected chi connectivity index (χ0v) is 12.7. The van der Waals surface area contributed by atoms with Crippen LogP contribution in [0.15, 0.2) is 29.4 Å². The van der Waals surface area contributed by atoms with Crippen LogP contribution in [0.5, 0.6) is 0 Å². The van der Waals surface area contributed by atoms with Crippen LogP contribution in [-0.4, -0.2) is 56.1 Å². The average Bonchev–Trinajstić information content (AvgIpc) is 2.50. The number of amides is 1. The molecule has 0 aromatic heterocycles. The lowest BCUT2D eigenvalue weighted by Crippen LogP contribution is -2.41. The summed E-state index contributed by atoms with van der Waals surface area (Å²) in [5.74, 6) is 0.0804. The van der Waals surface area contributed by atoms with Gasteiger partial charge in [-0.15, -0.1) is 0 Å². The van der Waals surface area contributed by atoms with E-state index in [1.54, 1.807) is 0 Å². The molecular formula is C15H22N4O3. The number of anilines is 1. The number of hydrogen-bond acceptors (Lipinski definition) is 5. The van der Waals surface area contributed by atoms with E-state index in [2.05, 4.69) is 15.4 Å². The van der Waals surface area contributed by atoms with Crippen molar-refractivity contribution in [2.75, 3.05) is 44.8 Å². The smallest absolute Gasteiger partial charge is 0.265 e. The van der Waals surface area contributed by atoms with Crippen molar-refractivity contribution in [3.05, 3.63) is 29.8 Å². The summed E-state index contributed by atoms with van der Waals surface area (Å²) in [6.45, 7) is 5.38. The molecule has 22 heavy (non-hydrogen) atoms. The van der Waals surface area contributed by atoms with E-state index < -0.39 is 0 Å². The average molecular weight is 306 g/mol. The van der Waals surface area contributed by atoms with Crippen molar-refractivity contribution in [2.24, 2.45) is 10.9 Å². The second-order valence-corrected chi connectivity index (χ2v) is 5.16. The van der Waals surface area contributed by atoms with Crippen molar-refractivity contribution in [1.82, 2.24) is 4.90 Å². The Hall–Kier alpha value is -2.12. The van der Waals surface area contributed by atoms with Crippen molar-refractivity contribution in [2.45, 2.75) is 6.92 Å². The lowest BCUT2D eigenvalue weighted by molar-refractivity contribution is -0.120. The Morgan fingerprint density at radius 2 is 2.05 bits per heavy atom. The number of carbonyl (C=O) groups is 1. The van der Waals surface area contributed by atoms with Gasteiger partial charge in [0.1, 0.15) is 0 Å². The number of benzene rings is 1. The molecule has 1 aliphatic heterocycles. The van der Waals surface area contributed by atoms with Crippen LogP contribution in [0.1, 0.15) is 5.56 Å². The maximum absolute atomic E-state index is 11.7. The quantitative estimate of drug-likeness (QED) is 0.455. The van der Waals surface area contributed by atoms with Crippen LogP contribution < -0.4 is 11.1 Å². The van der Waals surface area contributed by atoms with Gasteiger partial charge < -0.3 is 20.6 Å². The topological polar surface area (TPSA) is 89.2 Å². The van der Waals surface area contributed by atoms with Crippen LogP contribution in [0.2, 0.25) is 0 Å². The molecule has 0 aliphatic carbocycles. The predicted octanol–water partition coefficient (Wildman–Crippen LogP) is 0.555. The highest BCUT2D eigenvalue weighted by atomic mass is 16.6. The summed E-state index contributed by atoms with van der Waals surface area (Å²) in [5, 5.41) is 6.49. The van der Waals surface area contributed by atoms with Gasteiger partial charge in [0, 0.05) is 18.8 Å². The van der Waals surface area contributed by atoms with E-state index in [4.69, 9.17) is 15.3 Å². The number of morpholine rings is 1. The van der Waals surface area contributed by atoms with Gasteiger partial charge in [0.05, 0.1) is 19.8 Å². The van der Waals surface area contributed by atoms with Crippen molar-refractivity contribution in [3.8, 4) is 0 Å². The first kappa shape index (κ1) is 16.3.